The second-order valence-corrected chi connectivity index (χ2v) is 6.69. The van der Waals surface area contributed by atoms with Gasteiger partial charge in [0, 0.05) is 12.6 Å². The van der Waals surface area contributed by atoms with Gasteiger partial charge in [-0.05, 0) is 44.2 Å². The third kappa shape index (κ3) is 2.28. The van der Waals surface area contributed by atoms with Crippen LogP contribution >= 0.6 is 0 Å². The van der Waals surface area contributed by atoms with Gasteiger partial charge in [-0.3, -0.25) is 4.79 Å². The fourth-order valence-corrected chi connectivity index (χ4v) is 3.11. The van der Waals surface area contributed by atoms with Crippen LogP contribution in [0, 0.1) is 5.41 Å². The van der Waals surface area contributed by atoms with Crippen LogP contribution in [-0.2, 0) is 4.79 Å². The highest BCUT2D eigenvalue weighted by Crippen LogP contribution is 2.39. The monoisotopic (exact) mass is 254 g/mol. The first-order valence-corrected chi connectivity index (χ1v) is 7.10. The first-order chi connectivity index (χ1) is 8.36. The largest absolute Gasteiger partial charge is 0.379 e. The van der Waals surface area contributed by atoms with Gasteiger partial charge in [0.2, 0.25) is 0 Å². The standard InChI is InChI=1S/C14H26N2O2/c1-13(2,3)14(18)7-4-10-16(12(14)17)11-5-8-15-9-6-11/h11,15,18H,4-10H2,1-3H3/t14-/m1/s1. The van der Waals surface area contributed by atoms with Crippen LogP contribution in [0.4, 0.5) is 0 Å². The fourth-order valence-electron chi connectivity index (χ4n) is 3.11. The maximum atomic E-state index is 12.6. The van der Waals surface area contributed by atoms with Gasteiger partial charge in [0.15, 0.2) is 0 Å². The smallest absolute Gasteiger partial charge is 0.255 e. The zero-order valence-corrected chi connectivity index (χ0v) is 11.8. The summed E-state index contributed by atoms with van der Waals surface area (Å²) >= 11 is 0. The molecule has 2 saturated heterocycles. The molecule has 1 amide bonds. The van der Waals surface area contributed by atoms with E-state index in [0.29, 0.717) is 12.5 Å². The zero-order chi connectivity index (χ0) is 13.4. The van der Waals surface area contributed by atoms with Gasteiger partial charge < -0.3 is 15.3 Å². The van der Waals surface area contributed by atoms with Crippen molar-refractivity contribution in [3.05, 3.63) is 0 Å². The van der Waals surface area contributed by atoms with E-state index in [0.717, 1.165) is 38.9 Å². The third-order valence-corrected chi connectivity index (χ3v) is 4.54. The van der Waals surface area contributed by atoms with E-state index in [1.807, 2.05) is 25.7 Å². The first kappa shape index (κ1) is 13.8. The Hall–Kier alpha value is -0.610. The molecular weight excluding hydrogens is 228 g/mol. The van der Waals surface area contributed by atoms with Crippen LogP contribution < -0.4 is 5.32 Å². The Morgan fingerprint density at radius 2 is 1.94 bits per heavy atom. The summed E-state index contributed by atoms with van der Waals surface area (Å²) in [5.74, 6) is -0.0480. The zero-order valence-electron chi connectivity index (χ0n) is 11.8. The van der Waals surface area contributed by atoms with Crippen molar-refractivity contribution in [2.45, 2.75) is 58.1 Å². The molecule has 2 aliphatic heterocycles. The summed E-state index contributed by atoms with van der Waals surface area (Å²) in [5.41, 5.74) is -1.58. The van der Waals surface area contributed by atoms with Crippen molar-refractivity contribution < 1.29 is 9.90 Å². The molecule has 0 aromatic heterocycles. The minimum absolute atomic E-state index is 0.0480. The number of likely N-dealkylation sites (tertiary alicyclic amines) is 1. The number of carbonyl (C=O) groups is 1. The average molecular weight is 254 g/mol. The predicted molar refractivity (Wildman–Crippen MR) is 71.2 cm³/mol. The van der Waals surface area contributed by atoms with E-state index in [1.165, 1.54) is 0 Å². The van der Waals surface area contributed by atoms with Crippen molar-refractivity contribution >= 4 is 5.91 Å². The molecule has 2 fully saturated rings. The molecule has 18 heavy (non-hydrogen) atoms. The topological polar surface area (TPSA) is 52.6 Å². The molecule has 0 bridgehead atoms. The van der Waals surface area contributed by atoms with Crippen LogP contribution in [0.25, 0.3) is 0 Å². The molecule has 2 aliphatic rings. The number of hydrogen-bond acceptors (Lipinski definition) is 3. The molecule has 0 spiro atoms. The Morgan fingerprint density at radius 1 is 1.33 bits per heavy atom. The van der Waals surface area contributed by atoms with Crippen LogP contribution in [0.15, 0.2) is 0 Å². The third-order valence-electron chi connectivity index (χ3n) is 4.54. The molecule has 2 N–H and O–H groups in total. The molecule has 0 saturated carbocycles. The summed E-state index contributed by atoms with van der Waals surface area (Å²) < 4.78 is 0. The van der Waals surface area contributed by atoms with E-state index in [2.05, 4.69) is 5.32 Å². The number of amides is 1. The molecule has 1 atom stereocenters. The van der Waals surface area contributed by atoms with Crippen LogP contribution in [0.1, 0.15) is 46.5 Å². The van der Waals surface area contributed by atoms with Crippen molar-refractivity contribution in [2.75, 3.05) is 19.6 Å². The Bertz CT molecular complexity index is 318. The highest BCUT2D eigenvalue weighted by molar-refractivity contribution is 5.87. The molecule has 0 aliphatic carbocycles. The van der Waals surface area contributed by atoms with Gasteiger partial charge in [-0.25, -0.2) is 0 Å². The molecule has 2 heterocycles. The molecule has 4 nitrogen and oxygen atoms in total. The van der Waals surface area contributed by atoms with Crippen molar-refractivity contribution in [2.24, 2.45) is 5.41 Å². The number of nitrogens with zero attached hydrogens (tertiary/aromatic N) is 1. The summed E-state index contributed by atoms with van der Waals surface area (Å²) in [7, 11) is 0. The predicted octanol–water partition coefficient (Wildman–Crippen LogP) is 1.14. The van der Waals surface area contributed by atoms with E-state index >= 15 is 0 Å². The number of piperidine rings is 2. The SMILES string of the molecule is CC(C)(C)[C@@]1(O)CCCN(C2CCNCC2)C1=O. The minimum Gasteiger partial charge on any atom is -0.379 e. The van der Waals surface area contributed by atoms with Gasteiger partial charge in [-0.2, -0.15) is 0 Å². The minimum atomic E-state index is -1.18. The molecule has 2 rings (SSSR count). The quantitative estimate of drug-likeness (QED) is 0.738. The number of hydrogen-bond donors (Lipinski definition) is 2. The lowest BCUT2D eigenvalue weighted by molar-refractivity contribution is -0.175. The van der Waals surface area contributed by atoms with Gasteiger partial charge in [0.05, 0.1) is 0 Å². The molecule has 0 aromatic carbocycles. The highest BCUT2D eigenvalue weighted by atomic mass is 16.3. The molecule has 0 aromatic rings. The van der Waals surface area contributed by atoms with Crippen molar-refractivity contribution in [3.8, 4) is 0 Å². The number of rotatable bonds is 1. The van der Waals surface area contributed by atoms with Crippen LogP contribution in [0.3, 0.4) is 0 Å². The lowest BCUT2D eigenvalue weighted by Crippen LogP contribution is -2.62. The summed E-state index contributed by atoms with van der Waals surface area (Å²) in [4.78, 5) is 14.6. The lowest BCUT2D eigenvalue weighted by atomic mass is 9.71. The first-order valence-electron chi connectivity index (χ1n) is 7.10. The average Bonchev–Trinajstić information content (AvgIpc) is 2.32. The van der Waals surface area contributed by atoms with Crippen molar-refractivity contribution in [1.29, 1.82) is 0 Å². The maximum Gasteiger partial charge on any atom is 0.255 e. The van der Waals surface area contributed by atoms with E-state index in [-0.39, 0.29) is 5.91 Å². The number of carbonyl (C=O) groups excluding carboxylic acids is 1. The van der Waals surface area contributed by atoms with Gasteiger partial charge in [0.25, 0.3) is 5.91 Å². The summed E-state index contributed by atoms with van der Waals surface area (Å²) in [6, 6.07) is 0.313. The second kappa shape index (κ2) is 4.82. The van der Waals surface area contributed by atoms with Crippen molar-refractivity contribution in [1.82, 2.24) is 10.2 Å². The van der Waals surface area contributed by atoms with Crippen LogP contribution in [0.5, 0.6) is 0 Å². The molecular formula is C14H26N2O2. The molecule has 0 radical (unpaired) electrons. The highest BCUT2D eigenvalue weighted by Gasteiger charge is 2.51. The van der Waals surface area contributed by atoms with Gasteiger partial charge in [0.1, 0.15) is 5.60 Å². The van der Waals surface area contributed by atoms with Crippen LogP contribution in [-0.4, -0.2) is 47.2 Å². The molecule has 4 heteroatoms. The van der Waals surface area contributed by atoms with Gasteiger partial charge in [-0.15, -0.1) is 0 Å². The van der Waals surface area contributed by atoms with Crippen LogP contribution in [0.2, 0.25) is 0 Å². The maximum absolute atomic E-state index is 12.6. The summed E-state index contributed by atoms with van der Waals surface area (Å²) in [6.07, 6.45) is 3.51. The van der Waals surface area contributed by atoms with E-state index in [1.54, 1.807) is 0 Å². The van der Waals surface area contributed by atoms with Crippen molar-refractivity contribution in [3.63, 3.8) is 0 Å². The lowest BCUT2D eigenvalue weighted by Gasteiger charge is -2.48. The Balaban J connectivity index is 2.16. The van der Waals surface area contributed by atoms with E-state index in [9.17, 15) is 9.90 Å². The van der Waals surface area contributed by atoms with E-state index < -0.39 is 11.0 Å². The second-order valence-electron chi connectivity index (χ2n) is 6.69. The Labute approximate surface area is 110 Å². The summed E-state index contributed by atoms with van der Waals surface area (Å²) in [6.45, 7) is 8.62. The van der Waals surface area contributed by atoms with Gasteiger partial charge >= 0.3 is 0 Å². The molecule has 104 valence electrons. The Kier molecular flexibility index (Phi) is 3.70. The number of aliphatic hydroxyl groups is 1. The summed E-state index contributed by atoms with van der Waals surface area (Å²) in [5, 5.41) is 14.1. The molecule has 0 unspecified atom stereocenters. The van der Waals surface area contributed by atoms with E-state index in [4.69, 9.17) is 0 Å². The fraction of sp³-hybridized carbons (Fsp3) is 0.929. The Morgan fingerprint density at radius 3 is 2.50 bits per heavy atom. The normalized spacial score (nSPS) is 31.8. The van der Waals surface area contributed by atoms with Gasteiger partial charge in [-0.1, -0.05) is 20.8 Å². The number of nitrogens with one attached hydrogen (secondary N) is 1.